The van der Waals surface area contributed by atoms with Gasteiger partial charge in [-0.2, -0.15) is 8.42 Å². The number of carbonyl (C=O) groups is 1. The molecule has 1 aliphatic rings. The number of allylic oxidation sites excluding steroid dienone is 1. The van der Waals surface area contributed by atoms with Gasteiger partial charge in [0.2, 0.25) is 5.78 Å². The fraction of sp³-hybridized carbons (Fsp3) is 0.0800. The molecule has 166 valence electrons. The monoisotopic (exact) mass is 461 g/mol. The van der Waals surface area contributed by atoms with Crippen LogP contribution >= 0.6 is 0 Å². The predicted molar refractivity (Wildman–Crippen MR) is 123 cm³/mol. The fourth-order valence-electron chi connectivity index (χ4n) is 3.77. The molecule has 8 heteroatoms. The third-order valence-electron chi connectivity index (χ3n) is 5.39. The number of aromatic nitrogens is 1. The lowest BCUT2D eigenvalue weighted by Gasteiger charge is -2.07. The lowest BCUT2D eigenvalue weighted by atomic mass is 10.1. The Morgan fingerprint density at radius 2 is 1.73 bits per heavy atom. The summed E-state index contributed by atoms with van der Waals surface area (Å²) in [6.07, 6.45) is 3.57. The predicted octanol–water partition coefficient (Wildman–Crippen LogP) is 4.57. The summed E-state index contributed by atoms with van der Waals surface area (Å²) < 4.78 is 43.3. The third-order valence-corrected chi connectivity index (χ3v) is 6.65. The van der Waals surface area contributed by atoms with Crippen molar-refractivity contribution in [1.29, 1.82) is 0 Å². The van der Waals surface area contributed by atoms with E-state index in [2.05, 4.69) is 0 Å². The topological polar surface area (TPSA) is 83.8 Å². The molecule has 0 saturated carbocycles. The number of ketones is 1. The van der Waals surface area contributed by atoms with Crippen LogP contribution in [0.15, 0.2) is 83.6 Å². The molecule has 0 N–H and O–H groups in total. The minimum Gasteiger partial charge on any atom is -0.497 e. The maximum atomic E-state index is 12.9. The number of hydrogen-bond acceptors (Lipinski definition) is 6. The summed E-state index contributed by atoms with van der Waals surface area (Å²) in [4.78, 5) is 12.9. The zero-order valence-corrected chi connectivity index (χ0v) is 18.6. The van der Waals surface area contributed by atoms with Crippen molar-refractivity contribution in [2.24, 2.45) is 7.05 Å². The van der Waals surface area contributed by atoms with Crippen LogP contribution in [-0.2, 0) is 17.2 Å². The van der Waals surface area contributed by atoms with E-state index in [1.165, 1.54) is 30.3 Å². The Kier molecular flexibility index (Phi) is 4.94. The van der Waals surface area contributed by atoms with Gasteiger partial charge in [0.05, 0.1) is 12.7 Å². The van der Waals surface area contributed by atoms with Gasteiger partial charge in [-0.1, -0.05) is 18.2 Å². The Labute approximate surface area is 190 Å². The van der Waals surface area contributed by atoms with E-state index in [0.29, 0.717) is 11.3 Å². The van der Waals surface area contributed by atoms with E-state index >= 15 is 0 Å². The molecule has 2 heterocycles. The van der Waals surface area contributed by atoms with Crippen LogP contribution in [0.1, 0.15) is 15.9 Å². The van der Waals surface area contributed by atoms with Gasteiger partial charge in [0.1, 0.15) is 22.1 Å². The molecule has 5 rings (SSSR count). The van der Waals surface area contributed by atoms with Gasteiger partial charge in [-0.25, -0.2) is 0 Å². The molecular weight excluding hydrogens is 442 g/mol. The first kappa shape index (κ1) is 20.8. The van der Waals surface area contributed by atoms with Crippen molar-refractivity contribution in [1.82, 2.24) is 4.57 Å². The lowest BCUT2D eigenvalue weighted by Crippen LogP contribution is -2.09. The van der Waals surface area contributed by atoms with Crippen LogP contribution in [-0.4, -0.2) is 25.9 Å². The highest BCUT2D eigenvalue weighted by atomic mass is 32.2. The molecule has 0 saturated heterocycles. The molecule has 0 fully saturated rings. The smallest absolute Gasteiger partial charge is 0.339 e. The Bertz CT molecular complexity index is 1530. The van der Waals surface area contributed by atoms with Crippen molar-refractivity contribution < 1.29 is 26.9 Å². The van der Waals surface area contributed by atoms with E-state index in [9.17, 15) is 13.2 Å². The van der Waals surface area contributed by atoms with Crippen LogP contribution in [0.4, 0.5) is 0 Å². The zero-order valence-electron chi connectivity index (χ0n) is 17.8. The Hall–Kier alpha value is -4.04. The van der Waals surface area contributed by atoms with E-state index in [0.717, 1.165) is 16.5 Å². The summed E-state index contributed by atoms with van der Waals surface area (Å²) in [5.41, 5.74) is 2.11. The molecule has 7 nitrogen and oxygen atoms in total. The van der Waals surface area contributed by atoms with Crippen LogP contribution in [0.5, 0.6) is 17.2 Å². The van der Waals surface area contributed by atoms with E-state index in [4.69, 9.17) is 13.7 Å². The van der Waals surface area contributed by atoms with Crippen LogP contribution in [0, 0.1) is 0 Å². The Balaban J connectivity index is 1.46. The average Bonchev–Trinajstić information content (AvgIpc) is 3.29. The Morgan fingerprint density at radius 1 is 0.970 bits per heavy atom. The summed E-state index contributed by atoms with van der Waals surface area (Å²) in [6, 6.07) is 17.9. The van der Waals surface area contributed by atoms with Crippen LogP contribution in [0.25, 0.3) is 17.0 Å². The normalized spacial score (nSPS) is 14.4. The summed E-state index contributed by atoms with van der Waals surface area (Å²) in [6.45, 7) is 0. The van der Waals surface area contributed by atoms with Crippen LogP contribution < -0.4 is 13.7 Å². The first-order valence-corrected chi connectivity index (χ1v) is 11.5. The molecule has 0 unspecified atom stereocenters. The van der Waals surface area contributed by atoms with E-state index in [1.54, 1.807) is 31.4 Å². The molecule has 0 atom stereocenters. The maximum Gasteiger partial charge on any atom is 0.339 e. The molecule has 0 bridgehead atoms. The Morgan fingerprint density at radius 3 is 2.48 bits per heavy atom. The molecule has 0 radical (unpaired) electrons. The quantitative estimate of drug-likeness (QED) is 0.320. The number of Topliss-reactive ketones (excluding diaryl/α,β-unsaturated/α-hetero) is 1. The van der Waals surface area contributed by atoms with E-state index < -0.39 is 10.1 Å². The summed E-state index contributed by atoms with van der Waals surface area (Å²) >= 11 is 0. The number of carbonyl (C=O) groups excluding carboxylic acids is 1. The van der Waals surface area contributed by atoms with Gasteiger partial charge >= 0.3 is 10.1 Å². The van der Waals surface area contributed by atoms with E-state index in [1.807, 2.05) is 36.0 Å². The van der Waals surface area contributed by atoms with Crippen molar-refractivity contribution >= 4 is 32.9 Å². The lowest BCUT2D eigenvalue weighted by molar-refractivity contribution is 0.101. The number of ether oxygens (including phenoxy) is 2. The average molecular weight is 461 g/mol. The second-order valence-corrected chi connectivity index (χ2v) is 9.07. The minimum absolute atomic E-state index is 0.0365. The van der Waals surface area contributed by atoms with Crippen molar-refractivity contribution in [3.63, 3.8) is 0 Å². The molecule has 0 spiro atoms. The zero-order chi connectivity index (χ0) is 23.2. The second-order valence-electron chi connectivity index (χ2n) is 7.53. The molecule has 33 heavy (non-hydrogen) atoms. The second kappa shape index (κ2) is 7.83. The standard InChI is InChI=1S/C25H19NO6S/c1-26-15-16(21-13-17(30-2)9-11-22(21)26)12-24-25(27)20-10-8-18(14-23(20)31-24)32-33(28,29)19-6-4-3-5-7-19/h3-15H,1-2H3/b24-12+. The largest absolute Gasteiger partial charge is 0.497 e. The van der Waals surface area contributed by atoms with Crippen molar-refractivity contribution in [2.45, 2.75) is 4.90 Å². The molecule has 1 aliphatic heterocycles. The summed E-state index contributed by atoms with van der Waals surface area (Å²) in [5.74, 6) is 0.855. The maximum absolute atomic E-state index is 12.9. The minimum atomic E-state index is -4.00. The van der Waals surface area contributed by atoms with Gasteiger partial charge in [0, 0.05) is 35.8 Å². The summed E-state index contributed by atoms with van der Waals surface area (Å²) in [5, 5.41) is 0.912. The number of nitrogens with zero attached hydrogens (tertiary/aromatic N) is 1. The van der Waals surface area contributed by atoms with Gasteiger partial charge in [-0.3, -0.25) is 4.79 Å². The first-order chi connectivity index (χ1) is 15.9. The molecule has 3 aromatic carbocycles. The van der Waals surface area contributed by atoms with Crippen molar-refractivity contribution in [3.8, 4) is 17.2 Å². The van der Waals surface area contributed by atoms with Gasteiger partial charge < -0.3 is 18.2 Å². The number of benzene rings is 3. The molecule has 0 aliphatic carbocycles. The molecular formula is C25H19NO6S. The first-order valence-electron chi connectivity index (χ1n) is 10.1. The molecule has 0 amide bonds. The van der Waals surface area contributed by atoms with Crippen LogP contribution in [0.2, 0.25) is 0 Å². The number of rotatable bonds is 5. The van der Waals surface area contributed by atoms with Crippen molar-refractivity contribution in [2.75, 3.05) is 7.11 Å². The van der Waals surface area contributed by atoms with Gasteiger partial charge in [-0.05, 0) is 48.5 Å². The van der Waals surface area contributed by atoms with Crippen LogP contribution in [0.3, 0.4) is 0 Å². The van der Waals surface area contributed by atoms with Gasteiger partial charge in [-0.15, -0.1) is 0 Å². The summed E-state index contributed by atoms with van der Waals surface area (Å²) in [7, 11) is -0.491. The van der Waals surface area contributed by atoms with Crippen molar-refractivity contribution in [3.05, 3.63) is 89.8 Å². The molecule has 1 aromatic heterocycles. The van der Waals surface area contributed by atoms with Gasteiger partial charge in [0.15, 0.2) is 5.76 Å². The number of fused-ring (bicyclic) bond motifs is 2. The third kappa shape index (κ3) is 3.74. The highest BCUT2D eigenvalue weighted by molar-refractivity contribution is 7.87. The number of aryl methyl sites for hydroxylation is 1. The van der Waals surface area contributed by atoms with E-state index in [-0.39, 0.29) is 27.9 Å². The SMILES string of the molecule is COc1ccc2c(c1)c(/C=C1/Oc3cc(OS(=O)(=O)c4ccccc4)ccc3C1=O)cn2C. The molecule has 4 aromatic rings. The number of methoxy groups -OCH3 is 1. The fourth-order valence-corrected chi connectivity index (χ4v) is 4.71. The highest BCUT2D eigenvalue weighted by Gasteiger charge is 2.29. The highest BCUT2D eigenvalue weighted by Crippen LogP contribution is 2.36. The van der Waals surface area contributed by atoms with Gasteiger partial charge in [0.25, 0.3) is 0 Å². The number of hydrogen-bond donors (Lipinski definition) is 0.